The Labute approximate surface area is 125 Å². The summed E-state index contributed by atoms with van der Waals surface area (Å²) in [5, 5.41) is 1.35. The molecule has 0 N–H and O–H groups in total. The molecular weight excluding hydrogens is 314 g/mol. The van der Waals surface area contributed by atoms with Crippen LogP contribution < -0.4 is 4.74 Å². The Morgan fingerprint density at radius 1 is 0.833 bits per heavy atom. The predicted octanol–water partition coefficient (Wildman–Crippen LogP) is 6.18. The van der Waals surface area contributed by atoms with E-state index >= 15 is 0 Å². The van der Waals surface area contributed by atoms with Crippen molar-refractivity contribution >= 4 is 46.4 Å². The highest BCUT2D eigenvalue weighted by atomic mass is 35.5. The second kappa shape index (κ2) is 6.03. The maximum atomic E-state index is 6.06. The number of hydrogen-bond donors (Lipinski definition) is 0. The fraction of sp³-hybridized carbons (Fsp3) is 0.0769. The van der Waals surface area contributed by atoms with Crippen LogP contribution in [-0.2, 0) is 5.88 Å². The van der Waals surface area contributed by atoms with Crippen LogP contribution in [0.3, 0.4) is 0 Å². The van der Waals surface area contributed by atoms with Crippen LogP contribution in [0.5, 0.6) is 11.5 Å². The lowest BCUT2D eigenvalue weighted by molar-refractivity contribution is 0.478. The summed E-state index contributed by atoms with van der Waals surface area (Å²) in [5.41, 5.74) is 0.719. The SMILES string of the molecule is ClCc1c(Cl)cccc1Oc1cccc(Cl)c1Cl. The third-order valence-electron chi connectivity index (χ3n) is 2.35. The van der Waals surface area contributed by atoms with Gasteiger partial charge in [0.25, 0.3) is 0 Å². The quantitative estimate of drug-likeness (QED) is 0.613. The fourth-order valence-electron chi connectivity index (χ4n) is 1.45. The van der Waals surface area contributed by atoms with Gasteiger partial charge in [-0.15, -0.1) is 11.6 Å². The lowest BCUT2D eigenvalue weighted by atomic mass is 10.2. The standard InChI is InChI=1S/C13H8Cl4O/c14-7-8-9(15)3-1-5-11(8)18-12-6-2-4-10(16)13(12)17/h1-6H,7H2. The summed E-state index contributed by atoms with van der Waals surface area (Å²) in [6.45, 7) is 0. The average Bonchev–Trinajstić information content (AvgIpc) is 2.35. The first kappa shape index (κ1) is 13.8. The van der Waals surface area contributed by atoms with Crippen molar-refractivity contribution in [3.05, 3.63) is 57.0 Å². The van der Waals surface area contributed by atoms with Gasteiger partial charge in [-0.05, 0) is 24.3 Å². The highest BCUT2D eigenvalue weighted by Gasteiger charge is 2.11. The van der Waals surface area contributed by atoms with E-state index < -0.39 is 0 Å². The van der Waals surface area contributed by atoms with E-state index in [1.807, 2.05) is 0 Å². The molecule has 0 heterocycles. The summed E-state index contributed by atoms with van der Waals surface area (Å²) < 4.78 is 5.71. The van der Waals surface area contributed by atoms with Gasteiger partial charge in [-0.25, -0.2) is 0 Å². The van der Waals surface area contributed by atoms with Gasteiger partial charge in [0.1, 0.15) is 16.5 Å². The second-order valence-corrected chi connectivity index (χ2v) is 4.96. The molecule has 0 atom stereocenters. The molecule has 0 aliphatic rings. The molecule has 0 saturated heterocycles. The van der Waals surface area contributed by atoms with Crippen molar-refractivity contribution in [3.63, 3.8) is 0 Å². The van der Waals surface area contributed by atoms with Crippen LogP contribution >= 0.6 is 46.4 Å². The molecule has 0 aliphatic carbocycles. The van der Waals surface area contributed by atoms with E-state index in [0.717, 1.165) is 5.56 Å². The Balaban J connectivity index is 2.40. The van der Waals surface area contributed by atoms with E-state index in [1.165, 1.54) is 0 Å². The summed E-state index contributed by atoms with van der Waals surface area (Å²) >= 11 is 23.9. The minimum atomic E-state index is 0.257. The third kappa shape index (κ3) is 2.86. The van der Waals surface area contributed by atoms with E-state index in [9.17, 15) is 0 Å². The summed E-state index contributed by atoms with van der Waals surface area (Å²) in [6.07, 6.45) is 0. The zero-order valence-corrected chi connectivity index (χ0v) is 12.1. The van der Waals surface area contributed by atoms with Crippen molar-refractivity contribution in [2.75, 3.05) is 0 Å². The smallest absolute Gasteiger partial charge is 0.147 e. The average molecular weight is 322 g/mol. The molecule has 0 spiro atoms. The molecule has 0 amide bonds. The summed E-state index contributed by atoms with van der Waals surface area (Å²) in [6, 6.07) is 10.5. The van der Waals surface area contributed by atoms with Gasteiger partial charge in [-0.2, -0.15) is 0 Å². The van der Waals surface area contributed by atoms with Crippen molar-refractivity contribution in [2.45, 2.75) is 5.88 Å². The van der Waals surface area contributed by atoms with E-state index in [4.69, 9.17) is 51.1 Å². The number of alkyl halides is 1. The molecule has 1 nitrogen and oxygen atoms in total. The molecule has 5 heteroatoms. The van der Waals surface area contributed by atoms with Crippen molar-refractivity contribution in [1.29, 1.82) is 0 Å². The topological polar surface area (TPSA) is 9.23 Å². The van der Waals surface area contributed by atoms with Crippen molar-refractivity contribution in [3.8, 4) is 11.5 Å². The molecule has 0 radical (unpaired) electrons. The van der Waals surface area contributed by atoms with Gasteiger partial charge in [0.05, 0.1) is 10.9 Å². The Morgan fingerprint density at radius 3 is 2.11 bits per heavy atom. The zero-order chi connectivity index (χ0) is 13.1. The molecule has 0 saturated carbocycles. The molecule has 0 bridgehead atoms. The van der Waals surface area contributed by atoms with Crippen molar-refractivity contribution < 1.29 is 4.74 Å². The van der Waals surface area contributed by atoms with Crippen LogP contribution in [-0.4, -0.2) is 0 Å². The zero-order valence-electron chi connectivity index (χ0n) is 9.09. The Kier molecular flexibility index (Phi) is 4.63. The normalized spacial score (nSPS) is 10.4. The first-order valence-electron chi connectivity index (χ1n) is 5.08. The number of rotatable bonds is 3. The highest BCUT2D eigenvalue weighted by Crippen LogP contribution is 2.37. The lowest BCUT2D eigenvalue weighted by Gasteiger charge is -2.12. The Bertz CT molecular complexity index is 569. The van der Waals surface area contributed by atoms with Gasteiger partial charge >= 0.3 is 0 Å². The Morgan fingerprint density at radius 2 is 1.44 bits per heavy atom. The summed E-state index contributed by atoms with van der Waals surface area (Å²) in [5.74, 6) is 1.30. The number of benzene rings is 2. The molecule has 94 valence electrons. The van der Waals surface area contributed by atoms with Gasteiger partial charge in [0, 0.05) is 10.6 Å². The van der Waals surface area contributed by atoms with Gasteiger partial charge < -0.3 is 4.74 Å². The molecule has 0 unspecified atom stereocenters. The lowest BCUT2D eigenvalue weighted by Crippen LogP contribution is -1.91. The molecule has 0 aromatic heterocycles. The van der Waals surface area contributed by atoms with Gasteiger partial charge in [-0.3, -0.25) is 0 Å². The van der Waals surface area contributed by atoms with Crippen LogP contribution in [0.4, 0.5) is 0 Å². The molecule has 2 rings (SSSR count). The maximum Gasteiger partial charge on any atom is 0.147 e. The summed E-state index contributed by atoms with van der Waals surface area (Å²) in [7, 11) is 0. The molecule has 0 fully saturated rings. The molecule has 0 aliphatic heterocycles. The maximum absolute atomic E-state index is 6.06. The minimum Gasteiger partial charge on any atom is -0.455 e. The van der Waals surface area contributed by atoms with Gasteiger partial charge in [-0.1, -0.05) is 46.9 Å². The van der Waals surface area contributed by atoms with Crippen molar-refractivity contribution in [1.82, 2.24) is 0 Å². The van der Waals surface area contributed by atoms with Crippen LogP contribution in [0.1, 0.15) is 5.56 Å². The first-order chi connectivity index (χ1) is 8.63. The van der Waals surface area contributed by atoms with E-state index in [0.29, 0.717) is 26.6 Å². The third-order valence-corrected chi connectivity index (χ3v) is 3.77. The van der Waals surface area contributed by atoms with Crippen LogP contribution in [0.15, 0.2) is 36.4 Å². The monoisotopic (exact) mass is 320 g/mol. The largest absolute Gasteiger partial charge is 0.455 e. The predicted molar refractivity (Wildman–Crippen MR) is 77.5 cm³/mol. The van der Waals surface area contributed by atoms with Crippen molar-refractivity contribution in [2.24, 2.45) is 0 Å². The highest BCUT2D eigenvalue weighted by molar-refractivity contribution is 6.42. The second-order valence-electron chi connectivity index (χ2n) is 3.50. The molecule has 18 heavy (non-hydrogen) atoms. The van der Waals surface area contributed by atoms with E-state index in [-0.39, 0.29) is 5.88 Å². The van der Waals surface area contributed by atoms with Crippen LogP contribution in [0.25, 0.3) is 0 Å². The minimum absolute atomic E-state index is 0.257. The summed E-state index contributed by atoms with van der Waals surface area (Å²) in [4.78, 5) is 0. The number of hydrogen-bond acceptors (Lipinski definition) is 1. The van der Waals surface area contributed by atoms with E-state index in [2.05, 4.69) is 0 Å². The molecule has 2 aromatic rings. The first-order valence-corrected chi connectivity index (χ1v) is 6.75. The molecule has 2 aromatic carbocycles. The van der Waals surface area contributed by atoms with Crippen LogP contribution in [0, 0.1) is 0 Å². The Hall–Kier alpha value is -0.600. The fourth-order valence-corrected chi connectivity index (χ4v) is 2.35. The van der Waals surface area contributed by atoms with E-state index in [1.54, 1.807) is 36.4 Å². The van der Waals surface area contributed by atoms with Crippen LogP contribution in [0.2, 0.25) is 15.1 Å². The van der Waals surface area contributed by atoms with Gasteiger partial charge in [0.15, 0.2) is 0 Å². The van der Waals surface area contributed by atoms with Gasteiger partial charge in [0.2, 0.25) is 0 Å². The number of halogens is 4. The number of ether oxygens (including phenoxy) is 1. The molecular formula is C13H8Cl4O.